The molecule has 0 saturated carbocycles. The van der Waals surface area contributed by atoms with Crippen LogP contribution in [0.4, 0.5) is 0 Å². The molecule has 0 spiro atoms. The number of rotatable bonds is 4. The Hall–Kier alpha value is -2.30. The van der Waals surface area contributed by atoms with Crippen LogP contribution in [0.3, 0.4) is 0 Å². The van der Waals surface area contributed by atoms with E-state index in [4.69, 9.17) is 0 Å². The smallest absolute Gasteiger partial charge is 0.141 e. The Morgan fingerprint density at radius 2 is 1.16 bits per heavy atom. The van der Waals surface area contributed by atoms with Crippen LogP contribution in [0.15, 0.2) is 66.7 Å². The van der Waals surface area contributed by atoms with Gasteiger partial charge in [-0.3, -0.25) is 0 Å². The van der Waals surface area contributed by atoms with Crippen LogP contribution >= 0.6 is 7.55 Å². The third kappa shape index (κ3) is 4.03. The fourth-order valence-electron chi connectivity index (χ4n) is 3.13. The maximum absolute atomic E-state index is 2.47. The predicted molar refractivity (Wildman–Crippen MR) is 113 cm³/mol. The van der Waals surface area contributed by atoms with Crippen molar-refractivity contribution in [2.75, 3.05) is 0 Å². The summed E-state index contributed by atoms with van der Waals surface area (Å²) in [6.07, 6.45) is 2.47. The van der Waals surface area contributed by atoms with Gasteiger partial charge >= 0.3 is 0 Å². The van der Waals surface area contributed by atoms with Gasteiger partial charge in [0.05, 0.1) is 0 Å². The molecule has 0 radical (unpaired) electrons. The van der Waals surface area contributed by atoms with E-state index in [0.717, 1.165) is 0 Å². The van der Waals surface area contributed by atoms with Crippen LogP contribution in [0, 0.1) is 33.9 Å². The van der Waals surface area contributed by atoms with Gasteiger partial charge < -0.3 is 0 Å². The van der Waals surface area contributed by atoms with Crippen LogP contribution in [-0.2, 0) is 0 Å². The Balaban J connectivity index is 2.13. The third-order valence-corrected chi connectivity index (χ3v) is 6.64. The van der Waals surface area contributed by atoms with Crippen LogP contribution in [0.25, 0.3) is 0 Å². The summed E-state index contributed by atoms with van der Waals surface area (Å²) in [6, 6.07) is 24.0. The minimum Gasteiger partial charge on any atom is -0.148 e. The summed E-state index contributed by atoms with van der Waals surface area (Å²) in [5, 5.41) is 1.39. The number of hydrogen-bond acceptors (Lipinski definition) is 0. The Morgan fingerprint density at radius 1 is 0.640 bits per heavy atom. The second-order valence-electron chi connectivity index (χ2n) is 6.61. The van der Waals surface area contributed by atoms with Crippen molar-refractivity contribution >= 4 is 18.6 Å². The Labute approximate surface area is 152 Å². The summed E-state index contributed by atoms with van der Waals surface area (Å²) in [5.41, 5.74) is 8.13. The molecule has 1 unspecified atom stereocenters. The molecule has 0 aliphatic rings. The summed E-state index contributed by atoms with van der Waals surface area (Å²) < 4.78 is 0. The van der Waals surface area contributed by atoms with E-state index in [1.54, 1.807) is 0 Å². The van der Waals surface area contributed by atoms with Crippen molar-refractivity contribution < 1.29 is 0 Å². The molecular formula is C24H25P. The first-order valence-electron chi connectivity index (χ1n) is 8.72. The van der Waals surface area contributed by atoms with Crippen molar-refractivity contribution in [3.63, 3.8) is 0 Å². The molecule has 126 valence electrons. The maximum atomic E-state index is 2.47. The van der Waals surface area contributed by atoms with Crippen molar-refractivity contribution in [3.05, 3.63) is 106 Å². The summed E-state index contributed by atoms with van der Waals surface area (Å²) in [6.45, 7) is 8.82. The minimum atomic E-state index is -0.523. The zero-order valence-electron chi connectivity index (χ0n) is 15.5. The van der Waals surface area contributed by atoms with Gasteiger partial charge in [0.2, 0.25) is 0 Å². The molecule has 0 aliphatic heterocycles. The monoisotopic (exact) mass is 344 g/mol. The molecule has 1 atom stereocenters. The molecule has 1 heteroatoms. The number of hydrogen-bond donors (Lipinski definition) is 0. The van der Waals surface area contributed by atoms with Gasteiger partial charge in [0.1, 0.15) is 18.6 Å². The highest BCUT2D eigenvalue weighted by Crippen LogP contribution is 2.34. The number of aryl methyl sites for hydroxylation is 4. The molecular weight excluding hydrogens is 319 g/mol. The van der Waals surface area contributed by atoms with E-state index in [1.807, 2.05) is 0 Å². The van der Waals surface area contributed by atoms with E-state index >= 15 is 0 Å². The summed E-state index contributed by atoms with van der Waals surface area (Å²) in [5.74, 6) is 2.47. The van der Waals surface area contributed by atoms with E-state index in [0.29, 0.717) is 0 Å². The molecule has 0 aliphatic carbocycles. The predicted octanol–water partition coefficient (Wildman–Crippen LogP) is 6.09. The lowest BCUT2D eigenvalue weighted by Gasteiger charge is -2.15. The second kappa shape index (κ2) is 7.72. The molecule has 0 aromatic heterocycles. The van der Waals surface area contributed by atoms with Crippen LogP contribution in [0.1, 0.15) is 33.4 Å². The highest BCUT2D eigenvalue weighted by Gasteiger charge is 2.14. The van der Waals surface area contributed by atoms with Gasteiger partial charge in [-0.1, -0.05) is 56.3 Å². The molecule has 0 bridgehead atoms. The van der Waals surface area contributed by atoms with Crippen molar-refractivity contribution in [2.45, 2.75) is 27.7 Å². The first-order valence-corrected chi connectivity index (χ1v) is 10.2. The van der Waals surface area contributed by atoms with Gasteiger partial charge in [0, 0.05) is 11.7 Å². The quantitative estimate of drug-likeness (QED) is 0.397. The van der Waals surface area contributed by atoms with E-state index in [2.05, 4.69) is 106 Å². The van der Waals surface area contributed by atoms with Crippen LogP contribution in [0.2, 0.25) is 0 Å². The minimum absolute atomic E-state index is 0.523. The van der Waals surface area contributed by atoms with Gasteiger partial charge in [-0.2, -0.15) is 0 Å². The van der Waals surface area contributed by atoms with E-state index < -0.39 is 7.55 Å². The average molecular weight is 344 g/mol. The zero-order valence-corrected chi connectivity index (χ0v) is 16.3. The standard InChI is InChI=1S/C24H25P/c1-18-10-8-11-19(2)23(18)16-25(22-14-6-5-7-15-22)17-24-20(3)12-9-13-21(24)4/h5-17H,1-4H3. The first kappa shape index (κ1) is 17.5. The van der Waals surface area contributed by atoms with Crippen molar-refractivity contribution in [1.82, 2.24) is 0 Å². The highest BCUT2D eigenvalue weighted by atomic mass is 31.1. The van der Waals surface area contributed by atoms with Crippen molar-refractivity contribution in [1.29, 1.82) is 0 Å². The van der Waals surface area contributed by atoms with Gasteiger partial charge in [0.15, 0.2) is 0 Å². The van der Waals surface area contributed by atoms with Crippen LogP contribution in [-0.4, -0.2) is 5.80 Å². The summed E-state index contributed by atoms with van der Waals surface area (Å²) in [4.78, 5) is 0. The zero-order chi connectivity index (χ0) is 17.8. The molecule has 25 heavy (non-hydrogen) atoms. The summed E-state index contributed by atoms with van der Waals surface area (Å²) in [7, 11) is -0.523. The molecule has 3 aromatic carbocycles. The largest absolute Gasteiger partial charge is 0.148 e. The summed E-state index contributed by atoms with van der Waals surface area (Å²) >= 11 is 0. The molecule has 3 aromatic rings. The third-order valence-electron chi connectivity index (χ3n) is 4.67. The topological polar surface area (TPSA) is 0 Å². The molecule has 3 rings (SSSR count). The van der Waals surface area contributed by atoms with Crippen molar-refractivity contribution in [3.8, 4) is 0 Å². The van der Waals surface area contributed by atoms with Gasteiger partial charge in [-0.15, -0.1) is 28.8 Å². The van der Waals surface area contributed by atoms with Crippen LogP contribution < -0.4 is 5.30 Å². The lowest BCUT2D eigenvalue weighted by atomic mass is 10.1. The highest BCUT2D eigenvalue weighted by molar-refractivity contribution is 7.67. The Morgan fingerprint density at radius 3 is 1.72 bits per heavy atom. The van der Waals surface area contributed by atoms with E-state index in [9.17, 15) is 0 Å². The Kier molecular flexibility index (Phi) is 5.41. The fourth-order valence-corrected chi connectivity index (χ4v) is 5.39. The lowest BCUT2D eigenvalue weighted by Crippen LogP contribution is -2.01. The lowest BCUT2D eigenvalue weighted by molar-refractivity contribution is 1.32. The normalized spacial score (nSPS) is 11.4. The van der Waals surface area contributed by atoms with Crippen LogP contribution in [0.5, 0.6) is 0 Å². The SMILES string of the molecule is Cc1cccc(C)c1C=[P+]([CH-]c1c(C)cccc1C)c1ccccc1. The Bertz CT molecular complexity index is 864. The van der Waals surface area contributed by atoms with Gasteiger partial charge in [-0.05, 0) is 37.1 Å². The second-order valence-corrected chi connectivity index (χ2v) is 8.46. The fraction of sp³-hybridized carbons (Fsp3) is 0.167. The average Bonchev–Trinajstić information content (AvgIpc) is 2.60. The molecule has 0 N–H and O–H groups in total. The molecule has 0 heterocycles. The van der Waals surface area contributed by atoms with E-state index in [1.165, 1.54) is 38.7 Å². The first-order chi connectivity index (χ1) is 12.1. The van der Waals surface area contributed by atoms with Gasteiger partial charge in [-0.25, -0.2) is 0 Å². The molecule has 0 fully saturated rings. The van der Waals surface area contributed by atoms with Gasteiger partial charge in [0.25, 0.3) is 0 Å². The molecule has 0 nitrogen and oxygen atoms in total. The van der Waals surface area contributed by atoms with E-state index in [-0.39, 0.29) is 0 Å². The molecule has 0 amide bonds. The van der Waals surface area contributed by atoms with Crippen molar-refractivity contribution in [2.24, 2.45) is 0 Å². The number of benzene rings is 3. The maximum Gasteiger partial charge on any atom is 0.141 e. The molecule has 0 saturated heterocycles.